The summed E-state index contributed by atoms with van der Waals surface area (Å²) >= 11 is 1.37. The van der Waals surface area contributed by atoms with Crippen molar-refractivity contribution in [2.24, 2.45) is 0 Å². The lowest BCUT2D eigenvalue weighted by Gasteiger charge is -2.20. The monoisotopic (exact) mass is 471 g/mol. The van der Waals surface area contributed by atoms with Gasteiger partial charge in [0.2, 0.25) is 11.7 Å². The van der Waals surface area contributed by atoms with Crippen molar-refractivity contribution in [3.8, 4) is 28.4 Å². The normalized spacial score (nSPS) is 14.4. The number of benzene rings is 1. The average molecular weight is 472 g/mol. The maximum Gasteiger partial charge on any atom is 0.311 e. The predicted octanol–water partition coefficient (Wildman–Crippen LogP) is 4.28. The predicted molar refractivity (Wildman–Crippen MR) is 128 cm³/mol. The van der Waals surface area contributed by atoms with Gasteiger partial charge in [-0.3, -0.25) is 14.4 Å². The zero-order chi connectivity index (χ0) is 24.1. The van der Waals surface area contributed by atoms with Gasteiger partial charge in [-0.15, -0.1) is 11.8 Å². The number of hydrogen-bond acceptors (Lipinski definition) is 7. The van der Waals surface area contributed by atoms with E-state index in [4.69, 9.17) is 14.2 Å². The van der Waals surface area contributed by atoms with Gasteiger partial charge < -0.3 is 19.5 Å². The van der Waals surface area contributed by atoms with E-state index in [9.17, 15) is 14.4 Å². The van der Waals surface area contributed by atoms with Gasteiger partial charge in [0.25, 0.3) is 0 Å². The molecular weight excluding hydrogens is 442 g/mol. The second-order valence-corrected chi connectivity index (χ2v) is 8.62. The van der Waals surface area contributed by atoms with Crippen LogP contribution in [0.2, 0.25) is 0 Å². The van der Waals surface area contributed by atoms with Gasteiger partial charge in [-0.25, -0.2) is 0 Å². The standard InChI is InChI=1S/C25H29NO6S/c1-6-7-22(29)32-20-12-15-8-10-18(26-14(2)27)17-13-19(28)21(33-5)11-9-16(17)23(15)25(31-4)24(20)30-3/h9,11-13,18H,6-8,10H2,1-5H3,(H,26,27). The molecule has 1 N–H and O–H groups in total. The van der Waals surface area contributed by atoms with Gasteiger partial charge in [0, 0.05) is 18.9 Å². The van der Waals surface area contributed by atoms with Crippen molar-refractivity contribution in [2.75, 3.05) is 20.5 Å². The SMILES string of the molecule is CCCC(=O)Oc1cc2c(c(OC)c1OC)-c1ccc(SC)c(=O)cc1C(NC(C)=O)CC2. The van der Waals surface area contributed by atoms with E-state index in [1.165, 1.54) is 32.9 Å². The summed E-state index contributed by atoms with van der Waals surface area (Å²) < 4.78 is 17.0. The Hall–Kier alpha value is -3.00. The Balaban J connectivity index is 2.33. The summed E-state index contributed by atoms with van der Waals surface area (Å²) in [6, 6.07) is 6.70. The van der Waals surface area contributed by atoms with E-state index in [1.54, 1.807) is 18.2 Å². The van der Waals surface area contributed by atoms with Gasteiger partial charge in [-0.2, -0.15) is 0 Å². The number of nitrogens with one attached hydrogen (secondary N) is 1. The van der Waals surface area contributed by atoms with E-state index in [0.29, 0.717) is 47.0 Å². The lowest BCUT2D eigenvalue weighted by atomic mass is 9.95. The van der Waals surface area contributed by atoms with Crippen molar-refractivity contribution < 1.29 is 23.8 Å². The van der Waals surface area contributed by atoms with Gasteiger partial charge in [0.15, 0.2) is 16.9 Å². The van der Waals surface area contributed by atoms with Crippen molar-refractivity contribution in [3.63, 3.8) is 0 Å². The fraction of sp³-hybridized carbons (Fsp3) is 0.400. The van der Waals surface area contributed by atoms with E-state index in [0.717, 1.165) is 16.7 Å². The van der Waals surface area contributed by atoms with Gasteiger partial charge in [-0.1, -0.05) is 13.0 Å². The van der Waals surface area contributed by atoms with E-state index in [-0.39, 0.29) is 29.8 Å². The summed E-state index contributed by atoms with van der Waals surface area (Å²) in [4.78, 5) is 37.6. The molecule has 2 aromatic rings. The zero-order valence-electron chi connectivity index (χ0n) is 19.6. The summed E-state index contributed by atoms with van der Waals surface area (Å²) in [7, 11) is 3.02. The first-order chi connectivity index (χ1) is 15.8. The molecule has 176 valence electrons. The maximum atomic E-state index is 12.8. The van der Waals surface area contributed by atoms with Crippen LogP contribution in [0.3, 0.4) is 0 Å². The first-order valence-corrected chi connectivity index (χ1v) is 12.0. The summed E-state index contributed by atoms with van der Waals surface area (Å²) in [6.07, 6.45) is 3.94. The third-order valence-corrected chi connectivity index (χ3v) is 6.33. The molecule has 7 nitrogen and oxygen atoms in total. The topological polar surface area (TPSA) is 90.9 Å². The number of hydrogen-bond donors (Lipinski definition) is 1. The molecule has 8 heteroatoms. The Morgan fingerprint density at radius 1 is 1.15 bits per heavy atom. The molecule has 3 rings (SSSR count). The third kappa shape index (κ3) is 5.16. The minimum Gasteiger partial charge on any atom is -0.492 e. The summed E-state index contributed by atoms with van der Waals surface area (Å²) in [5, 5.41) is 2.98. The van der Waals surface area contributed by atoms with E-state index in [2.05, 4.69) is 5.32 Å². The summed E-state index contributed by atoms with van der Waals surface area (Å²) in [6.45, 7) is 3.36. The molecule has 33 heavy (non-hydrogen) atoms. The fourth-order valence-electron chi connectivity index (χ4n) is 4.16. The Morgan fingerprint density at radius 3 is 2.48 bits per heavy atom. The number of aryl methyl sites for hydroxylation is 1. The Morgan fingerprint density at radius 2 is 1.88 bits per heavy atom. The summed E-state index contributed by atoms with van der Waals surface area (Å²) in [5.41, 5.74) is 3.00. The molecule has 0 aliphatic heterocycles. The molecule has 1 unspecified atom stereocenters. The van der Waals surface area contributed by atoms with Crippen LogP contribution in [0.1, 0.15) is 50.3 Å². The molecule has 1 amide bonds. The van der Waals surface area contributed by atoms with Gasteiger partial charge in [0.1, 0.15) is 0 Å². The van der Waals surface area contributed by atoms with Gasteiger partial charge in [-0.05, 0) is 60.4 Å². The first-order valence-electron chi connectivity index (χ1n) is 10.8. The van der Waals surface area contributed by atoms with Crippen LogP contribution >= 0.6 is 11.8 Å². The van der Waals surface area contributed by atoms with E-state index in [1.807, 2.05) is 19.2 Å². The highest BCUT2D eigenvalue weighted by Gasteiger charge is 2.30. The van der Waals surface area contributed by atoms with Crippen LogP contribution < -0.4 is 25.0 Å². The molecule has 0 saturated heterocycles. The highest BCUT2D eigenvalue weighted by molar-refractivity contribution is 7.98. The van der Waals surface area contributed by atoms with Crippen molar-refractivity contribution in [3.05, 3.63) is 45.6 Å². The molecule has 1 aliphatic carbocycles. The Labute approximate surface area is 197 Å². The van der Waals surface area contributed by atoms with Crippen molar-refractivity contribution in [1.82, 2.24) is 5.32 Å². The van der Waals surface area contributed by atoms with Crippen molar-refractivity contribution >= 4 is 23.6 Å². The third-order valence-electron chi connectivity index (χ3n) is 5.56. The van der Waals surface area contributed by atoms with Crippen LogP contribution in [0.5, 0.6) is 17.2 Å². The van der Waals surface area contributed by atoms with Crippen LogP contribution in [0.4, 0.5) is 0 Å². The number of fused-ring (bicyclic) bond motifs is 3. The molecule has 0 heterocycles. The van der Waals surface area contributed by atoms with Crippen molar-refractivity contribution in [2.45, 2.75) is 50.5 Å². The van der Waals surface area contributed by atoms with Crippen LogP contribution in [0, 0.1) is 0 Å². The number of rotatable bonds is 7. The molecule has 1 aliphatic rings. The zero-order valence-corrected chi connectivity index (χ0v) is 20.4. The number of esters is 1. The Bertz CT molecular complexity index is 1130. The first kappa shape index (κ1) is 24.6. The number of ether oxygens (including phenoxy) is 3. The van der Waals surface area contributed by atoms with Crippen LogP contribution in [0.15, 0.2) is 34.0 Å². The lowest BCUT2D eigenvalue weighted by molar-refractivity contribution is -0.134. The number of methoxy groups -OCH3 is 2. The molecule has 0 fully saturated rings. The van der Waals surface area contributed by atoms with E-state index < -0.39 is 0 Å². The second-order valence-electron chi connectivity index (χ2n) is 7.77. The molecule has 1 atom stereocenters. The minimum absolute atomic E-state index is 0.112. The lowest BCUT2D eigenvalue weighted by Crippen LogP contribution is -2.26. The van der Waals surface area contributed by atoms with Crippen LogP contribution in [-0.2, 0) is 16.0 Å². The molecule has 0 aromatic heterocycles. The molecule has 0 radical (unpaired) electrons. The number of carbonyl (C=O) groups is 2. The molecular formula is C25H29NO6S. The average Bonchev–Trinajstić information content (AvgIpc) is 3.01. The quantitative estimate of drug-likeness (QED) is 0.366. The molecule has 0 saturated carbocycles. The molecule has 2 aromatic carbocycles. The summed E-state index contributed by atoms with van der Waals surface area (Å²) in [5.74, 6) is 0.488. The largest absolute Gasteiger partial charge is 0.492 e. The second kappa shape index (κ2) is 10.7. The van der Waals surface area contributed by atoms with Crippen LogP contribution in [0.25, 0.3) is 11.1 Å². The van der Waals surface area contributed by atoms with Crippen LogP contribution in [-0.4, -0.2) is 32.4 Å². The number of thioether (sulfide) groups is 1. The fourth-order valence-corrected chi connectivity index (χ4v) is 4.63. The molecule has 0 bridgehead atoms. The number of amides is 1. The smallest absolute Gasteiger partial charge is 0.311 e. The highest BCUT2D eigenvalue weighted by Crippen LogP contribution is 2.50. The maximum absolute atomic E-state index is 12.8. The Kier molecular flexibility index (Phi) is 8.02. The highest BCUT2D eigenvalue weighted by atomic mass is 32.2. The number of carbonyl (C=O) groups excluding carboxylic acids is 2. The van der Waals surface area contributed by atoms with Crippen molar-refractivity contribution in [1.29, 1.82) is 0 Å². The van der Waals surface area contributed by atoms with E-state index >= 15 is 0 Å². The van der Waals surface area contributed by atoms with Gasteiger partial charge in [0.05, 0.1) is 25.2 Å². The molecule has 0 spiro atoms. The van der Waals surface area contributed by atoms with Gasteiger partial charge >= 0.3 is 5.97 Å². The minimum atomic E-state index is -0.360.